The Morgan fingerprint density at radius 1 is 1.41 bits per heavy atom. The highest BCUT2D eigenvalue weighted by Gasteiger charge is 2.02. The zero-order valence-corrected chi connectivity index (χ0v) is 10.1. The number of rotatable bonds is 7. The van der Waals surface area contributed by atoms with E-state index in [1.807, 2.05) is 30.3 Å². The predicted octanol–water partition coefficient (Wildman–Crippen LogP) is 1.34. The minimum atomic E-state index is -0.500. The fourth-order valence-electron chi connectivity index (χ4n) is 1.29. The SMILES string of the molecule is C[C@H](O)CNC(=O)CCCOc1ccccc1. The summed E-state index contributed by atoms with van der Waals surface area (Å²) < 4.78 is 5.45. The molecule has 94 valence electrons. The molecule has 1 aromatic rings. The minimum Gasteiger partial charge on any atom is -0.494 e. The monoisotopic (exact) mass is 237 g/mol. The molecule has 0 spiro atoms. The first kappa shape index (κ1) is 13.5. The maximum Gasteiger partial charge on any atom is 0.220 e. The number of aliphatic hydroxyl groups is 1. The van der Waals surface area contributed by atoms with Crippen molar-refractivity contribution in [1.29, 1.82) is 0 Å². The first-order chi connectivity index (χ1) is 8.18. The Morgan fingerprint density at radius 3 is 2.76 bits per heavy atom. The summed E-state index contributed by atoms with van der Waals surface area (Å²) >= 11 is 0. The molecule has 0 radical (unpaired) electrons. The van der Waals surface area contributed by atoms with Gasteiger partial charge < -0.3 is 15.2 Å². The van der Waals surface area contributed by atoms with Crippen molar-refractivity contribution in [1.82, 2.24) is 5.32 Å². The molecule has 0 saturated heterocycles. The van der Waals surface area contributed by atoms with E-state index in [-0.39, 0.29) is 5.91 Å². The third-order valence-electron chi connectivity index (χ3n) is 2.15. The van der Waals surface area contributed by atoms with Crippen LogP contribution in [0.3, 0.4) is 0 Å². The van der Waals surface area contributed by atoms with Gasteiger partial charge in [-0.2, -0.15) is 0 Å². The minimum absolute atomic E-state index is 0.0532. The van der Waals surface area contributed by atoms with Gasteiger partial charge in [-0.15, -0.1) is 0 Å². The third kappa shape index (κ3) is 6.58. The van der Waals surface area contributed by atoms with E-state index in [0.717, 1.165) is 5.75 Å². The zero-order valence-electron chi connectivity index (χ0n) is 10.1. The van der Waals surface area contributed by atoms with Gasteiger partial charge in [0.1, 0.15) is 5.75 Å². The molecule has 0 aliphatic carbocycles. The number of benzene rings is 1. The summed E-state index contributed by atoms with van der Waals surface area (Å²) in [5.41, 5.74) is 0. The Balaban J connectivity index is 2.06. The molecule has 0 unspecified atom stereocenters. The van der Waals surface area contributed by atoms with Crippen LogP contribution in [0.5, 0.6) is 5.75 Å². The van der Waals surface area contributed by atoms with E-state index in [1.165, 1.54) is 0 Å². The molecule has 0 aromatic heterocycles. The van der Waals surface area contributed by atoms with Crippen LogP contribution < -0.4 is 10.1 Å². The first-order valence-electron chi connectivity index (χ1n) is 5.81. The van der Waals surface area contributed by atoms with Gasteiger partial charge in [0.15, 0.2) is 0 Å². The number of carbonyl (C=O) groups excluding carboxylic acids is 1. The fraction of sp³-hybridized carbons (Fsp3) is 0.462. The second kappa shape index (κ2) is 7.68. The molecule has 0 bridgehead atoms. The van der Waals surface area contributed by atoms with Gasteiger partial charge in [0.2, 0.25) is 5.91 Å². The van der Waals surface area contributed by atoms with Gasteiger partial charge in [0.25, 0.3) is 0 Å². The van der Waals surface area contributed by atoms with E-state index >= 15 is 0 Å². The third-order valence-corrected chi connectivity index (χ3v) is 2.15. The average molecular weight is 237 g/mol. The highest BCUT2D eigenvalue weighted by atomic mass is 16.5. The molecular formula is C13H19NO3. The summed E-state index contributed by atoms with van der Waals surface area (Å²) in [4.78, 5) is 11.3. The maximum absolute atomic E-state index is 11.3. The van der Waals surface area contributed by atoms with Crippen LogP contribution >= 0.6 is 0 Å². The molecule has 17 heavy (non-hydrogen) atoms. The number of hydrogen-bond acceptors (Lipinski definition) is 3. The zero-order chi connectivity index (χ0) is 12.5. The summed E-state index contributed by atoms with van der Waals surface area (Å²) in [5, 5.41) is 11.6. The highest BCUT2D eigenvalue weighted by molar-refractivity contribution is 5.75. The largest absolute Gasteiger partial charge is 0.494 e. The Labute approximate surface area is 102 Å². The van der Waals surface area contributed by atoms with Crippen molar-refractivity contribution in [2.45, 2.75) is 25.9 Å². The molecule has 1 atom stereocenters. The summed E-state index contributed by atoms with van der Waals surface area (Å²) in [6.07, 6.45) is 0.583. The lowest BCUT2D eigenvalue weighted by Gasteiger charge is -2.08. The van der Waals surface area contributed by atoms with Crippen LogP contribution in [-0.2, 0) is 4.79 Å². The maximum atomic E-state index is 11.3. The van der Waals surface area contributed by atoms with Gasteiger partial charge in [0, 0.05) is 13.0 Å². The van der Waals surface area contributed by atoms with Crippen LogP contribution in [-0.4, -0.2) is 30.3 Å². The summed E-state index contributed by atoms with van der Waals surface area (Å²) in [5.74, 6) is 0.763. The Bertz CT molecular complexity index is 325. The molecule has 0 aliphatic heterocycles. The topological polar surface area (TPSA) is 58.6 Å². The van der Waals surface area contributed by atoms with Crippen LogP contribution in [0.4, 0.5) is 0 Å². The quantitative estimate of drug-likeness (QED) is 0.704. The standard InChI is InChI=1S/C13H19NO3/c1-11(15)10-14-13(16)8-5-9-17-12-6-3-2-4-7-12/h2-4,6-7,11,15H,5,8-10H2,1H3,(H,14,16)/t11-/m0/s1. The van der Waals surface area contributed by atoms with E-state index in [0.29, 0.717) is 26.0 Å². The van der Waals surface area contributed by atoms with Gasteiger partial charge in [-0.3, -0.25) is 4.79 Å². The van der Waals surface area contributed by atoms with Crippen molar-refractivity contribution < 1.29 is 14.6 Å². The summed E-state index contributed by atoms with van der Waals surface area (Å²) in [6, 6.07) is 9.51. The van der Waals surface area contributed by atoms with Gasteiger partial charge >= 0.3 is 0 Å². The molecule has 0 fully saturated rings. The van der Waals surface area contributed by atoms with Crippen molar-refractivity contribution in [2.24, 2.45) is 0 Å². The van der Waals surface area contributed by atoms with Crippen LogP contribution in [0, 0.1) is 0 Å². The Kier molecular flexibility index (Phi) is 6.10. The second-order valence-corrected chi connectivity index (χ2v) is 3.92. The highest BCUT2D eigenvalue weighted by Crippen LogP contribution is 2.08. The Morgan fingerprint density at radius 2 is 2.12 bits per heavy atom. The van der Waals surface area contributed by atoms with E-state index in [2.05, 4.69) is 5.32 Å². The average Bonchev–Trinajstić information content (AvgIpc) is 2.33. The number of aliphatic hydroxyl groups excluding tert-OH is 1. The Hall–Kier alpha value is -1.55. The van der Waals surface area contributed by atoms with Gasteiger partial charge in [-0.25, -0.2) is 0 Å². The lowest BCUT2D eigenvalue weighted by atomic mass is 10.3. The van der Waals surface area contributed by atoms with Crippen LogP contribution in [0.25, 0.3) is 0 Å². The number of carbonyl (C=O) groups is 1. The molecule has 4 nitrogen and oxygen atoms in total. The molecule has 0 aliphatic rings. The molecule has 1 amide bonds. The predicted molar refractivity (Wildman–Crippen MR) is 65.9 cm³/mol. The van der Waals surface area contributed by atoms with Crippen LogP contribution in [0.1, 0.15) is 19.8 Å². The lowest BCUT2D eigenvalue weighted by molar-refractivity contribution is -0.121. The van der Waals surface area contributed by atoms with Crippen molar-refractivity contribution in [2.75, 3.05) is 13.2 Å². The number of hydrogen-bond donors (Lipinski definition) is 2. The molecule has 0 saturated carbocycles. The van der Waals surface area contributed by atoms with E-state index < -0.39 is 6.10 Å². The van der Waals surface area contributed by atoms with Crippen LogP contribution in [0.2, 0.25) is 0 Å². The summed E-state index contributed by atoms with van der Waals surface area (Å²) in [6.45, 7) is 2.46. The normalized spacial score (nSPS) is 11.9. The number of nitrogens with one attached hydrogen (secondary N) is 1. The molecule has 1 aromatic carbocycles. The van der Waals surface area contributed by atoms with Crippen molar-refractivity contribution in [3.63, 3.8) is 0 Å². The number of para-hydroxylation sites is 1. The lowest BCUT2D eigenvalue weighted by Crippen LogP contribution is -2.30. The second-order valence-electron chi connectivity index (χ2n) is 3.92. The summed E-state index contributed by atoms with van der Waals surface area (Å²) in [7, 11) is 0. The molecule has 0 heterocycles. The molecule has 1 rings (SSSR count). The molecular weight excluding hydrogens is 218 g/mol. The van der Waals surface area contributed by atoms with Crippen LogP contribution in [0.15, 0.2) is 30.3 Å². The molecule has 4 heteroatoms. The van der Waals surface area contributed by atoms with E-state index in [4.69, 9.17) is 9.84 Å². The first-order valence-corrected chi connectivity index (χ1v) is 5.81. The fourth-order valence-corrected chi connectivity index (χ4v) is 1.29. The van der Waals surface area contributed by atoms with Gasteiger partial charge in [-0.1, -0.05) is 18.2 Å². The van der Waals surface area contributed by atoms with Crippen molar-refractivity contribution >= 4 is 5.91 Å². The van der Waals surface area contributed by atoms with E-state index in [9.17, 15) is 4.79 Å². The molecule has 2 N–H and O–H groups in total. The van der Waals surface area contributed by atoms with Crippen molar-refractivity contribution in [3.8, 4) is 5.75 Å². The number of amides is 1. The number of ether oxygens (including phenoxy) is 1. The van der Waals surface area contributed by atoms with E-state index in [1.54, 1.807) is 6.92 Å². The van der Waals surface area contributed by atoms with Gasteiger partial charge in [-0.05, 0) is 25.5 Å². The smallest absolute Gasteiger partial charge is 0.220 e. The van der Waals surface area contributed by atoms with Gasteiger partial charge in [0.05, 0.1) is 12.7 Å². The van der Waals surface area contributed by atoms with Crippen molar-refractivity contribution in [3.05, 3.63) is 30.3 Å².